The van der Waals surface area contributed by atoms with Crippen LogP contribution in [0.2, 0.25) is 0 Å². The molecule has 3 heteroatoms. The zero-order chi connectivity index (χ0) is 12.9. The highest BCUT2D eigenvalue weighted by Gasteiger charge is 2.30. The Labute approximate surface area is 106 Å². The van der Waals surface area contributed by atoms with E-state index in [0.29, 0.717) is 0 Å². The average Bonchev–Trinajstić information content (AvgIpc) is 2.31. The van der Waals surface area contributed by atoms with Gasteiger partial charge in [0.1, 0.15) is 5.54 Å². The van der Waals surface area contributed by atoms with Gasteiger partial charge in [0, 0.05) is 13.1 Å². The Morgan fingerprint density at radius 3 is 2.65 bits per heavy atom. The number of nitrogens with zero attached hydrogens (tertiary/aromatic N) is 2. The van der Waals surface area contributed by atoms with E-state index in [2.05, 4.69) is 37.1 Å². The van der Waals surface area contributed by atoms with Gasteiger partial charge in [0.25, 0.3) is 0 Å². The van der Waals surface area contributed by atoms with Crippen LogP contribution in [0.25, 0.3) is 0 Å². The van der Waals surface area contributed by atoms with Gasteiger partial charge in [-0.1, -0.05) is 20.8 Å². The second-order valence-electron chi connectivity index (χ2n) is 5.85. The van der Waals surface area contributed by atoms with Gasteiger partial charge >= 0.3 is 0 Å². The number of rotatable bonds is 5. The second-order valence-corrected chi connectivity index (χ2v) is 5.85. The normalized spacial score (nSPS) is 29.6. The molecular weight excluding hydrogens is 210 g/mol. The van der Waals surface area contributed by atoms with Crippen molar-refractivity contribution in [2.75, 3.05) is 26.2 Å². The Kier molecular flexibility index (Phi) is 5.42. The first-order valence-corrected chi connectivity index (χ1v) is 6.89. The van der Waals surface area contributed by atoms with Crippen LogP contribution in [0.1, 0.15) is 40.5 Å². The first kappa shape index (κ1) is 14.5. The van der Waals surface area contributed by atoms with Gasteiger partial charge in [-0.05, 0) is 44.7 Å². The summed E-state index contributed by atoms with van der Waals surface area (Å²) in [6.45, 7) is 12.8. The van der Waals surface area contributed by atoms with Crippen molar-refractivity contribution in [2.45, 2.75) is 46.1 Å². The summed E-state index contributed by atoms with van der Waals surface area (Å²) in [6.07, 6.45) is 2.33. The van der Waals surface area contributed by atoms with Crippen LogP contribution < -0.4 is 5.32 Å². The topological polar surface area (TPSA) is 39.1 Å². The van der Waals surface area contributed by atoms with Crippen molar-refractivity contribution >= 4 is 0 Å². The monoisotopic (exact) mass is 237 g/mol. The van der Waals surface area contributed by atoms with Gasteiger partial charge in [0.15, 0.2) is 0 Å². The summed E-state index contributed by atoms with van der Waals surface area (Å²) in [5, 5.41) is 12.7. The van der Waals surface area contributed by atoms with Gasteiger partial charge in [0.05, 0.1) is 6.07 Å². The second kappa shape index (κ2) is 6.37. The highest BCUT2D eigenvalue weighted by molar-refractivity contribution is 5.06. The predicted octanol–water partition coefficient (Wildman–Crippen LogP) is 2.25. The van der Waals surface area contributed by atoms with E-state index in [0.717, 1.165) is 44.4 Å². The van der Waals surface area contributed by atoms with Gasteiger partial charge in [-0.25, -0.2) is 0 Å². The quantitative estimate of drug-likeness (QED) is 0.797. The molecule has 1 heterocycles. The van der Waals surface area contributed by atoms with E-state index in [4.69, 9.17) is 0 Å². The number of hydrogen-bond acceptors (Lipinski definition) is 3. The first-order valence-electron chi connectivity index (χ1n) is 6.89. The molecule has 3 nitrogen and oxygen atoms in total. The van der Waals surface area contributed by atoms with Crippen LogP contribution in [0.5, 0.6) is 0 Å². The van der Waals surface area contributed by atoms with Gasteiger partial charge < -0.3 is 4.90 Å². The molecule has 17 heavy (non-hydrogen) atoms. The standard InChI is InChI=1S/C14H27N3/c1-5-7-16-14(4,10-15)11-17-8-6-12(2)13(3)9-17/h12-13,16H,5-9,11H2,1-4H3. The molecule has 3 atom stereocenters. The van der Waals surface area contributed by atoms with Crippen molar-refractivity contribution in [2.24, 2.45) is 11.8 Å². The highest BCUT2D eigenvalue weighted by Crippen LogP contribution is 2.23. The zero-order valence-electron chi connectivity index (χ0n) is 11.8. The van der Waals surface area contributed by atoms with Crippen LogP contribution >= 0.6 is 0 Å². The molecule has 3 unspecified atom stereocenters. The van der Waals surface area contributed by atoms with Crippen molar-refractivity contribution in [1.82, 2.24) is 10.2 Å². The molecule has 98 valence electrons. The Bertz CT molecular complexity index is 271. The Morgan fingerprint density at radius 2 is 2.12 bits per heavy atom. The van der Waals surface area contributed by atoms with Crippen molar-refractivity contribution in [3.8, 4) is 6.07 Å². The lowest BCUT2D eigenvalue weighted by atomic mass is 9.88. The van der Waals surface area contributed by atoms with Crippen LogP contribution in [-0.2, 0) is 0 Å². The summed E-state index contributed by atoms with van der Waals surface area (Å²) in [6, 6.07) is 2.43. The van der Waals surface area contributed by atoms with E-state index < -0.39 is 5.54 Å². The molecule has 0 aromatic rings. The molecule has 0 saturated carbocycles. The van der Waals surface area contributed by atoms with Crippen LogP contribution in [-0.4, -0.2) is 36.6 Å². The van der Waals surface area contributed by atoms with E-state index in [9.17, 15) is 5.26 Å². The SMILES string of the molecule is CCCNC(C)(C#N)CN1CCC(C)C(C)C1. The lowest BCUT2D eigenvalue weighted by Crippen LogP contribution is -2.53. The molecule has 0 aromatic heterocycles. The van der Waals surface area contributed by atoms with E-state index in [1.807, 2.05) is 6.92 Å². The smallest absolute Gasteiger partial charge is 0.116 e. The summed E-state index contributed by atoms with van der Waals surface area (Å²) in [5.41, 5.74) is -0.393. The van der Waals surface area contributed by atoms with Gasteiger partial charge in [-0.3, -0.25) is 5.32 Å². The number of nitriles is 1. The van der Waals surface area contributed by atoms with E-state index in [1.165, 1.54) is 6.42 Å². The third-order valence-electron chi connectivity index (χ3n) is 3.97. The average molecular weight is 237 g/mol. The molecular formula is C14H27N3. The third-order valence-corrected chi connectivity index (χ3v) is 3.97. The van der Waals surface area contributed by atoms with Crippen LogP contribution in [0, 0.1) is 23.2 Å². The molecule has 0 bridgehead atoms. The Balaban J connectivity index is 2.49. The molecule has 0 aromatic carbocycles. The summed E-state index contributed by atoms with van der Waals surface area (Å²) < 4.78 is 0. The van der Waals surface area contributed by atoms with Crippen molar-refractivity contribution in [3.63, 3.8) is 0 Å². The first-order chi connectivity index (χ1) is 8.00. The lowest BCUT2D eigenvalue weighted by Gasteiger charge is -2.38. The Morgan fingerprint density at radius 1 is 1.41 bits per heavy atom. The van der Waals surface area contributed by atoms with Gasteiger partial charge in [-0.15, -0.1) is 0 Å². The summed E-state index contributed by atoms with van der Waals surface area (Å²) in [7, 11) is 0. The van der Waals surface area contributed by atoms with Gasteiger partial charge in [-0.2, -0.15) is 5.26 Å². The maximum Gasteiger partial charge on any atom is 0.116 e. The molecule has 1 fully saturated rings. The van der Waals surface area contributed by atoms with E-state index >= 15 is 0 Å². The minimum absolute atomic E-state index is 0.393. The fraction of sp³-hybridized carbons (Fsp3) is 0.929. The number of piperidine rings is 1. The summed E-state index contributed by atoms with van der Waals surface area (Å²) in [4.78, 5) is 2.44. The van der Waals surface area contributed by atoms with Crippen molar-refractivity contribution < 1.29 is 0 Å². The molecule has 1 saturated heterocycles. The third kappa shape index (κ3) is 4.29. The highest BCUT2D eigenvalue weighted by atomic mass is 15.2. The van der Waals surface area contributed by atoms with Crippen LogP contribution in [0.4, 0.5) is 0 Å². The maximum atomic E-state index is 9.32. The molecule has 1 aliphatic rings. The maximum absolute atomic E-state index is 9.32. The molecule has 0 amide bonds. The number of nitrogens with one attached hydrogen (secondary N) is 1. The molecule has 0 aliphatic carbocycles. The fourth-order valence-corrected chi connectivity index (χ4v) is 2.47. The predicted molar refractivity (Wildman–Crippen MR) is 71.7 cm³/mol. The minimum Gasteiger partial charge on any atom is -0.300 e. The van der Waals surface area contributed by atoms with Gasteiger partial charge in [0.2, 0.25) is 0 Å². The molecule has 0 radical (unpaired) electrons. The fourth-order valence-electron chi connectivity index (χ4n) is 2.47. The van der Waals surface area contributed by atoms with Crippen LogP contribution in [0.15, 0.2) is 0 Å². The zero-order valence-corrected chi connectivity index (χ0v) is 11.8. The van der Waals surface area contributed by atoms with Crippen molar-refractivity contribution in [3.05, 3.63) is 0 Å². The molecule has 1 aliphatic heterocycles. The summed E-state index contributed by atoms with van der Waals surface area (Å²) >= 11 is 0. The van der Waals surface area contributed by atoms with Crippen LogP contribution in [0.3, 0.4) is 0 Å². The number of likely N-dealkylation sites (tertiary alicyclic amines) is 1. The van der Waals surface area contributed by atoms with E-state index in [-0.39, 0.29) is 0 Å². The molecule has 1 N–H and O–H groups in total. The largest absolute Gasteiger partial charge is 0.300 e. The summed E-state index contributed by atoms with van der Waals surface area (Å²) in [5.74, 6) is 1.57. The number of hydrogen-bond donors (Lipinski definition) is 1. The minimum atomic E-state index is -0.393. The lowest BCUT2D eigenvalue weighted by molar-refractivity contribution is 0.118. The van der Waals surface area contributed by atoms with Crippen molar-refractivity contribution in [1.29, 1.82) is 5.26 Å². The molecule has 1 rings (SSSR count). The molecule has 0 spiro atoms. The van der Waals surface area contributed by atoms with E-state index in [1.54, 1.807) is 0 Å². The Hall–Kier alpha value is -0.590.